The van der Waals surface area contributed by atoms with E-state index in [0.717, 1.165) is 63.4 Å². The molecular formula is C35H47F3N2O5. The fourth-order valence-corrected chi connectivity index (χ4v) is 5.42. The van der Waals surface area contributed by atoms with Crippen LogP contribution >= 0.6 is 0 Å². The van der Waals surface area contributed by atoms with Crippen molar-refractivity contribution in [1.82, 2.24) is 0 Å². The smallest absolute Gasteiger partial charge is 0.391 e. The lowest BCUT2D eigenvalue weighted by molar-refractivity contribution is -0.184. The zero-order chi connectivity index (χ0) is 32.5. The van der Waals surface area contributed by atoms with Gasteiger partial charge in [-0.25, -0.2) is 9.59 Å². The van der Waals surface area contributed by atoms with Crippen molar-refractivity contribution in [2.24, 2.45) is 11.8 Å². The van der Waals surface area contributed by atoms with Crippen LogP contribution in [0.4, 0.5) is 24.5 Å². The van der Waals surface area contributed by atoms with Crippen molar-refractivity contribution in [2.45, 2.75) is 89.6 Å². The normalized spacial score (nSPS) is 16.9. The Bertz CT molecular complexity index is 1190. The molecular weight excluding hydrogens is 585 g/mol. The summed E-state index contributed by atoms with van der Waals surface area (Å²) in [6, 6.07) is 12.0. The molecule has 7 nitrogen and oxygen atoms in total. The standard InChI is InChI=1S/C35H47F3N2O5/c36-35(37,38)29-15-10-27(11-16-29)25-45-32-17-12-26(13-18-32)14-19-33(41)43-20-8-6-4-2-1-3-5-7-9-21-44-34(42)28-22-30(39)24-31(40)23-28/h12-14,17-19,22-24,27,29H,1-11,15-16,20-21,25,39-40H2/b19-14+. The Labute approximate surface area is 264 Å². The maximum absolute atomic E-state index is 12.8. The second-order valence-corrected chi connectivity index (χ2v) is 11.8. The van der Waals surface area contributed by atoms with Crippen LogP contribution in [0.15, 0.2) is 48.5 Å². The van der Waals surface area contributed by atoms with Crippen molar-refractivity contribution in [3.05, 3.63) is 59.7 Å². The van der Waals surface area contributed by atoms with Crippen molar-refractivity contribution in [1.29, 1.82) is 0 Å². The number of benzene rings is 2. The fourth-order valence-electron chi connectivity index (χ4n) is 5.42. The van der Waals surface area contributed by atoms with E-state index in [2.05, 4.69) is 0 Å². The largest absolute Gasteiger partial charge is 0.493 e. The Morgan fingerprint density at radius 3 is 1.84 bits per heavy atom. The summed E-state index contributed by atoms with van der Waals surface area (Å²) in [7, 11) is 0. The van der Waals surface area contributed by atoms with Gasteiger partial charge in [0.2, 0.25) is 0 Å². The number of esters is 2. The SMILES string of the molecule is Nc1cc(N)cc(C(=O)OCCCCCCCCCCCOC(=O)/C=C/c2ccc(OCC3CCC(C(F)(F)F)CC3)cc2)c1. The van der Waals surface area contributed by atoms with Crippen molar-refractivity contribution in [3.8, 4) is 5.75 Å². The number of ether oxygens (including phenoxy) is 3. The molecule has 0 radical (unpaired) electrons. The van der Waals surface area contributed by atoms with Crippen LogP contribution < -0.4 is 16.2 Å². The minimum Gasteiger partial charge on any atom is -0.493 e. The first-order valence-electron chi connectivity index (χ1n) is 16.1. The molecule has 0 bridgehead atoms. The van der Waals surface area contributed by atoms with Crippen LogP contribution in [0.2, 0.25) is 0 Å². The zero-order valence-electron chi connectivity index (χ0n) is 26.0. The highest BCUT2D eigenvalue weighted by Crippen LogP contribution is 2.39. The van der Waals surface area contributed by atoms with Gasteiger partial charge in [0.25, 0.3) is 0 Å². The fraction of sp³-hybridized carbons (Fsp3) is 0.543. The van der Waals surface area contributed by atoms with E-state index in [1.54, 1.807) is 36.4 Å². The molecule has 0 unspecified atom stereocenters. The molecule has 0 spiro atoms. The van der Waals surface area contributed by atoms with Crippen molar-refractivity contribution in [3.63, 3.8) is 0 Å². The average molecular weight is 633 g/mol. The molecule has 0 atom stereocenters. The van der Waals surface area contributed by atoms with Crippen LogP contribution in [0.3, 0.4) is 0 Å². The Balaban J connectivity index is 1.13. The number of carbonyl (C=O) groups excluding carboxylic acids is 2. The predicted octanol–water partition coefficient (Wildman–Crippen LogP) is 8.52. The van der Waals surface area contributed by atoms with Gasteiger partial charge < -0.3 is 25.7 Å². The molecule has 1 aliphatic rings. The summed E-state index contributed by atoms with van der Waals surface area (Å²) >= 11 is 0. The van der Waals surface area contributed by atoms with E-state index in [-0.39, 0.29) is 24.7 Å². The number of halogens is 3. The number of anilines is 2. The molecule has 2 aromatic rings. The number of hydrogen-bond donors (Lipinski definition) is 2. The van der Waals surface area contributed by atoms with E-state index < -0.39 is 18.1 Å². The van der Waals surface area contributed by atoms with Crippen LogP contribution in [0.1, 0.15) is 99.4 Å². The quantitative estimate of drug-likeness (QED) is 0.0733. The van der Waals surface area contributed by atoms with E-state index in [9.17, 15) is 22.8 Å². The maximum atomic E-state index is 12.8. The molecule has 248 valence electrons. The first-order chi connectivity index (χ1) is 21.6. The third kappa shape index (κ3) is 14.3. The minimum atomic E-state index is -4.09. The molecule has 3 rings (SSSR count). The van der Waals surface area contributed by atoms with Crippen molar-refractivity contribution < 1.29 is 37.0 Å². The van der Waals surface area contributed by atoms with Gasteiger partial charge in [0.15, 0.2) is 0 Å². The van der Waals surface area contributed by atoms with E-state index in [1.165, 1.54) is 6.08 Å². The number of nitrogens with two attached hydrogens (primary N) is 2. The molecule has 1 aliphatic carbocycles. The Morgan fingerprint density at radius 2 is 1.29 bits per heavy atom. The molecule has 0 aliphatic heterocycles. The summed E-state index contributed by atoms with van der Waals surface area (Å²) in [5.41, 5.74) is 13.5. The summed E-state index contributed by atoms with van der Waals surface area (Å²) in [5, 5.41) is 0. The molecule has 1 fully saturated rings. The average Bonchev–Trinajstić information content (AvgIpc) is 3.01. The van der Waals surface area contributed by atoms with E-state index in [4.69, 9.17) is 25.7 Å². The second kappa shape index (κ2) is 19.0. The van der Waals surface area contributed by atoms with Crippen LogP contribution in [0.5, 0.6) is 5.75 Å². The molecule has 2 aromatic carbocycles. The van der Waals surface area contributed by atoms with E-state index in [0.29, 0.717) is 55.4 Å². The van der Waals surface area contributed by atoms with Gasteiger partial charge in [0, 0.05) is 17.5 Å². The monoisotopic (exact) mass is 632 g/mol. The predicted molar refractivity (Wildman–Crippen MR) is 171 cm³/mol. The van der Waals surface area contributed by atoms with Crippen molar-refractivity contribution >= 4 is 29.4 Å². The topological polar surface area (TPSA) is 114 Å². The highest BCUT2D eigenvalue weighted by Gasteiger charge is 2.41. The Kier molecular flexibility index (Phi) is 15.1. The van der Waals surface area contributed by atoms with Crippen LogP contribution in [-0.4, -0.2) is 37.9 Å². The number of alkyl halides is 3. The van der Waals surface area contributed by atoms with Gasteiger partial charge >= 0.3 is 18.1 Å². The van der Waals surface area contributed by atoms with Crippen LogP contribution in [0.25, 0.3) is 6.08 Å². The zero-order valence-corrected chi connectivity index (χ0v) is 26.0. The highest BCUT2D eigenvalue weighted by atomic mass is 19.4. The highest BCUT2D eigenvalue weighted by molar-refractivity contribution is 5.91. The molecule has 45 heavy (non-hydrogen) atoms. The first-order valence-corrected chi connectivity index (χ1v) is 16.1. The molecule has 0 saturated heterocycles. The molecule has 0 aromatic heterocycles. The number of nitrogen functional groups attached to an aromatic ring is 2. The third-order valence-electron chi connectivity index (χ3n) is 8.07. The lowest BCUT2D eigenvalue weighted by atomic mass is 9.82. The van der Waals surface area contributed by atoms with Crippen LogP contribution in [0, 0.1) is 11.8 Å². The molecule has 4 N–H and O–H groups in total. The van der Waals surface area contributed by atoms with E-state index >= 15 is 0 Å². The molecule has 10 heteroatoms. The number of rotatable bonds is 18. The summed E-state index contributed by atoms with van der Waals surface area (Å²) in [5.74, 6) is -1.17. The number of carbonyl (C=O) groups is 2. The van der Waals surface area contributed by atoms with Gasteiger partial charge in [-0.05, 0) is 86.4 Å². The van der Waals surface area contributed by atoms with Gasteiger partial charge in [-0.1, -0.05) is 57.1 Å². The van der Waals surface area contributed by atoms with Crippen LogP contribution in [-0.2, 0) is 14.3 Å². The van der Waals surface area contributed by atoms with Gasteiger partial charge in [0.1, 0.15) is 5.75 Å². The van der Waals surface area contributed by atoms with Gasteiger partial charge in [-0.15, -0.1) is 0 Å². The third-order valence-corrected chi connectivity index (χ3v) is 8.07. The number of hydrogen-bond acceptors (Lipinski definition) is 7. The van der Waals surface area contributed by atoms with Crippen molar-refractivity contribution in [2.75, 3.05) is 31.3 Å². The molecule has 0 heterocycles. The van der Waals surface area contributed by atoms with Gasteiger partial charge in [0.05, 0.1) is 31.3 Å². The summed E-state index contributed by atoms with van der Waals surface area (Å²) in [4.78, 5) is 24.1. The molecule has 1 saturated carbocycles. The van der Waals surface area contributed by atoms with Gasteiger partial charge in [-0.2, -0.15) is 13.2 Å². The maximum Gasteiger partial charge on any atom is 0.391 e. The Morgan fingerprint density at radius 1 is 0.756 bits per heavy atom. The number of unbranched alkanes of at least 4 members (excludes halogenated alkanes) is 8. The van der Waals surface area contributed by atoms with E-state index in [1.807, 2.05) is 12.1 Å². The Hall–Kier alpha value is -3.69. The second-order valence-electron chi connectivity index (χ2n) is 11.8. The van der Waals surface area contributed by atoms with Gasteiger partial charge in [-0.3, -0.25) is 0 Å². The first kappa shape index (κ1) is 35.8. The lowest BCUT2D eigenvalue weighted by Crippen LogP contribution is -2.29. The summed E-state index contributed by atoms with van der Waals surface area (Å²) < 4.78 is 54.8. The minimum absolute atomic E-state index is 0.142. The summed E-state index contributed by atoms with van der Waals surface area (Å²) in [6.45, 7) is 1.18. The lowest BCUT2D eigenvalue weighted by Gasteiger charge is -2.29. The summed E-state index contributed by atoms with van der Waals surface area (Å²) in [6.07, 6.45) is 9.68. The molecule has 0 amide bonds.